The number of phenols is 2. The van der Waals surface area contributed by atoms with Crippen molar-refractivity contribution in [2.75, 3.05) is 0 Å². The van der Waals surface area contributed by atoms with Crippen LogP contribution in [0.2, 0.25) is 0 Å². The largest absolute Gasteiger partial charge is 0.744 e. The van der Waals surface area contributed by atoms with E-state index in [4.69, 9.17) is 7.16 Å². The Kier molecular flexibility index (Phi) is 4.49. The van der Waals surface area contributed by atoms with Gasteiger partial charge in [0.2, 0.25) is 0 Å². The quantitative estimate of drug-likeness (QED) is 0.504. The second-order valence-corrected chi connectivity index (χ2v) is 6.80. The molecule has 0 atom stereocenters. The molecule has 3 aromatic rings. The van der Waals surface area contributed by atoms with Crippen LogP contribution in [0.25, 0.3) is 10.8 Å². The second kappa shape index (κ2) is 7.08. The van der Waals surface area contributed by atoms with Crippen molar-refractivity contribution in [2.45, 2.75) is 25.7 Å². The van der Waals surface area contributed by atoms with Crippen molar-refractivity contribution in [3.05, 3.63) is 59.5 Å². The summed E-state index contributed by atoms with van der Waals surface area (Å²) in [5.41, 5.74) is 1.15. The Labute approximate surface area is 148 Å². The molecule has 0 spiro atoms. The van der Waals surface area contributed by atoms with E-state index in [2.05, 4.69) is 0 Å². The van der Waals surface area contributed by atoms with Gasteiger partial charge in [0.05, 0.1) is 14.6 Å². The number of aryl methyl sites for hydroxylation is 2. The van der Waals surface area contributed by atoms with Crippen molar-refractivity contribution < 1.29 is 30.3 Å². The van der Waals surface area contributed by atoms with Gasteiger partial charge in [0, 0.05) is 17.0 Å². The predicted molar refractivity (Wildman–Crippen MR) is 92.6 cm³/mol. The van der Waals surface area contributed by atoms with E-state index in [-0.39, 0.29) is 44.8 Å². The molecule has 7 heteroatoms. The van der Waals surface area contributed by atoms with Gasteiger partial charge in [-0.2, -0.15) is 0 Å². The zero-order valence-corrected chi connectivity index (χ0v) is 14.6. The Morgan fingerprint density at radius 1 is 1.08 bits per heavy atom. The van der Waals surface area contributed by atoms with Crippen molar-refractivity contribution >= 4 is 20.9 Å². The molecular weight excluding hydrogens is 344 g/mol. The molecule has 0 radical (unpaired) electrons. The van der Waals surface area contributed by atoms with Gasteiger partial charge < -0.3 is 14.8 Å². The van der Waals surface area contributed by atoms with Gasteiger partial charge in [0.25, 0.3) is 0 Å². The Bertz CT molecular complexity index is 1110. The molecule has 6 nitrogen and oxygen atoms in total. The van der Waals surface area contributed by atoms with Crippen LogP contribution in [0.4, 0.5) is 0 Å². The van der Waals surface area contributed by atoms with E-state index in [1.165, 1.54) is 25.3 Å². The fourth-order valence-electron chi connectivity index (χ4n) is 1.98. The van der Waals surface area contributed by atoms with E-state index in [9.17, 15) is 23.2 Å². The lowest BCUT2D eigenvalue weighted by Crippen LogP contribution is -1.97. The van der Waals surface area contributed by atoms with Crippen LogP contribution >= 0.6 is 0 Å². The molecule has 0 amide bonds. The van der Waals surface area contributed by atoms with Crippen LogP contribution in [0.1, 0.15) is 19.6 Å². The van der Waals surface area contributed by atoms with Gasteiger partial charge in [0.1, 0.15) is 27.0 Å². The smallest absolute Gasteiger partial charge is 0.329 e. The fourth-order valence-corrected chi connectivity index (χ4v) is 2.45. The number of benzene rings is 2. The standard InChI is InChI=1S/C11H10O3.C7H8O3S/c1-6-3-8-4-10(12)7(2)11(13)9(8)5-14-6;1-6-2-4-7(5-3-6)11(8,9)10/h3-5H,1-2H3,(H-,12,13);2-5H,1H3,(H,8,9,10)/i3D,4D;. The molecule has 3 rings (SSSR count). The Morgan fingerprint density at radius 2 is 1.68 bits per heavy atom. The summed E-state index contributed by atoms with van der Waals surface area (Å²) in [5.74, 6) is -0.117. The van der Waals surface area contributed by atoms with Crippen LogP contribution < -0.4 is 0 Å². The molecule has 0 saturated carbocycles. The van der Waals surface area contributed by atoms with Gasteiger partial charge in [-0.3, -0.25) is 0 Å². The fraction of sp³-hybridized carbons (Fsp3) is 0.167. The first-order chi connectivity index (χ1) is 12.4. The van der Waals surface area contributed by atoms with Gasteiger partial charge in [-0.15, -0.1) is 0 Å². The maximum absolute atomic E-state index is 10.4. The number of hydrogen-bond donors (Lipinski definition) is 2. The summed E-state index contributed by atoms with van der Waals surface area (Å²) < 4.78 is 51.8. The van der Waals surface area contributed by atoms with Crippen LogP contribution in [0.5, 0.6) is 11.5 Å². The predicted octanol–water partition coefficient (Wildman–Crippen LogP) is 3.64. The van der Waals surface area contributed by atoms with Crippen LogP contribution in [-0.4, -0.2) is 23.2 Å². The van der Waals surface area contributed by atoms with Crippen LogP contribution in [-0.2, 0) is 10.1 Å². The first-order valence-corrected chi connectivity index (χ1v) is 8.61. The average molecular weight is 364 g/mol. The molecule has 0 aliphatic rings. The summed E-state index contributed by atoms with van der Waals surface area (Å²) >= 11 is 0. The van der Waals surface area contributed by atoms with E-state index >= 15 is 0 Å². The molecule has 0 aliphatic carbocycles. The van der Waals surface area contributed by atoms with Gasteiger partial charge in [-0.1, -0.05) is 17.7 Å². The van der Waals surface area contributed by atoms with Gasteiger partial charge in [-0.25, -0.2) is 12.8 Å². The number of hydrogen-bond acceptors (Lipinski definition) is 5. The SMILES string of the molecule is Cc1ccc(S(=O)(=O)[O-])cc1.[2H]c1c(C)[o+]cc2c(O)c(C)c(O)c([2H])c12. The summed E-state index contributed by atoms with van der Waals surface area (Å²) in [6.07, 6.45) is 1.29. The summed E-state index contributed by atoms with van der Waals surface area (Å²) in [6.45, 7) is 4.92. The molecule has 132 valence electrons. The molecule has 1 heterocycles. The van der Waals surface area contributed by atoms with E-state index in [1.807, 2.05) is 6.92 Å². The molecule has 2 aromatic carbocycles. The molecular formula is C18H18O6S. The van der Waals surface area contributed by atoms with E-state index in [0.717, 1.165) is 5.56 Å². The Morgan fingerprint density at radius 3 is 2.24 bits per heavy atom. The Hall–Kier alpha value is -2.64. The third-order valence-electron chi connectivity index (χ3n) is 3.44. The highest BCUT2D eigenvalue weighted by Crippen LogP contribution is 2.34. The summed E-state index contributed by atoms with van der Waals surface area (Å²) in [6, 6.07) is 5.63. The minimum Gasteiger partial charge on any atom is -0.744 e. The van der Waals surface area contributed by atoms with Crippen molar-refractivity contribution in [3.63, 3.8) is 0 Å². The van der Waals surface area contributed by atoms with Crippen molar-refractivity contribution in [1.29, 1.82) is 0 Å². The van der Waals surface area contributed by atoms with Crippen molar-refractivity contribution in [3.8, 4) is 11.5 Å². The average Bonchev–Trinajstić information content (AvgIpc) is 2.60. The highest BCUT2D eigenvalue weighted by Gasteiger charge is 2.13. The minimum absolute atomic E-state index is 0.00750. The molecule has 0 saturated heterocycles. The zero-order valence-electron chi connectivity index (χ0n) is 15.8. The van der Waals surface area contributed by atoms with Crippen LogP contribution in [0.3, 0.4) is 0 Å². The maximum Gasteiger partial charge on any atom is 0.329 e. The third kappa shape index (κ3) is 4.46. The molecule has 0 aliphatic heterocycles. The molecule has 0 unspecified atom stereocenters. The highest BCUT2D eigenvalue weighted by atomic mass is 32.2. The molecule has 0 fully saturated rings. The summed E-state index contributed by atoms with van der Waals surface area (Å²) in [7, 11) is -4.27. The number of phenolic OH excluding ortho intramolecular Hbond substituents is 2. The molecule has 1 aromatic heterocycles. The van der Waals surface area contributed by atoms with Gasteiger partial charge in [0.15, 0.2) is 0 Å². The van der Waals surface area contributed by atoms with Crippen molar-refractivity contribution in [2.24, 2.45) is 0 Å². The first-order valence-electron chi connectivity index (χ1n) is 8.20. The number of fused-ring (bicyclic) bond motifs is 1. The summed E-state index contributed by atoms with van der Waals surface area (Å²) in [5, 5.41) is 19.9. The highest BCUT2D eigenvalue weighted by molar-refractivity contribution is 7.85. The zero-order chi connectivity index (χ0) is 20.5. The minimum atomic E-state index is -4.27. The Balaban J connectivity index is 0.000000208. The topological polar surface area (TPSA) is 109 Å². The lowest BCUT2D eigenvalue weighted by Gasteiger charge is -2.05. The lowest BCUT2D eigenvalue weighted by molar-refractivity contribution is 0.445. The lowest BCUT2D eigenvalue weighted by atomic mass is 10.1. The molecule has 0 bridgehead atoms. The van der Waals surface area contributed by atoms with E-state index in [0.29, 0.717) is 5.76 Å². The third-order valence-corrected chi connectivity index (χ3v) is 4.29. The van der Waals surface area contributed by atoms with E-state index in [1.54, 1.807) is 19.1 Å². The number of aromatic hydroxyl groups is 2. The second-order valence-electron chi connectivity index (χ2n) is 5.42. The van der Waals surface area contributed by atoms with E-state index < -0.39 is 10.1 Å². The normalized spacial score (nSPS) is 12.2. The molecule has 2 N–H and O–H groups in total. The summed E-state index contributed by atoms with van der Waals surface area (Å²) in [4.78, 5) is -0.178. The van der Waals surface area contributed by atoms with Crippen LogP contribution in [0.15, 0.2) is 51.9 Å². The van der Waals surface area contributed by atoms with Crippen molar-refractivity contribution in [1.82, 2.24) is 0 Å². The molecule has 25 heavy (non-hydrogen) atoms. The van der Waals surface area contributed by atoms with Crippen LogP contribution in [0, 0.1) is 20.8 Å². The van der Waals surface area contributed by atoms with Gasteiger partial charge in [-0.05, 0) is 32.0 Å². The maximum atomic E-state index is 10.4. The van der Waals surface area contributed by atoms with Gasteiger partial charge >= 0.3 is 12.0 Å². The number of rotatable bonds is 1. The monoisotopic (exact) mass is 364 g/mol. The first kappa shape index (κ1) is 15.9.